The Morgan fingerprint density at radius 2 is 1.65 bits per heavy atom. The number of hydrogen-bond acceptors (Lipinski definition) is 3. The molecule has 0 aliphatic rings. The first kappa shape index (κ1) is 21.1. The van der Waals surface area contributed by atoms with Gasteiger partial charge in [0.25, 0.3) is 13.1 Å². The highest BCUT2D eigenvalue weighted by Gasteiger charge is 2.31. The van der Waals surface area contributed by atoms with E-state index in [0.717, 1.165) is 33.3 Å². The number of halogens is 6. The minimum atomic E-state index is -4.58. The van der Waals surface area contributed by atoms with Gasteiger partial charge in [0.15, 0.2) is 0 Å². The van der Waals surface area contributed by atoms with E-state index in [-0.39, 0.29) is 27.0 Å². The van der Waals surface area contributed by atoms with E-state index in [1.54, 1.807) is 0 Å². The van der Waals surface area contributed by atoms with Crippen molar-refractivity contribution in [3.8, 4) is 0 Å². The van der Waals surface area contributed by atoms with Gasteiger partial charge in [0.2, 0.25) is 0 Å². The Morgan fingerprint density at radius 3 is 2.19 bits per heavy atom. The van der Waals surface area contributed by atoms with E-state index in [1.165, 1.54) is 18.2 Å². The van der Waals surface area contributed by atoms with Crippen LogP contribution in [0.25, 0.3) is 0 Å². The number of nitrogens with one attached hydrogen (secondary N) is 2. The van der Waals surface area contributed by atoms with Gasteiger partial charge in [0.05, 0.1) is 48.7 Å². The molecule has 2 N–H and O–H groups in total. The fourth-order valence-corrected chi connectivity index (χ4v) is 3.46. The van der Waals surface area contributed by atoms with E-state index in [1.807, 2.05) is 0 Å². The molecule has 5 nitrogen and oxygen atoms in total. The molecular formula is C14H8Cl2F3IN2O3S. The normalized spacial score (nSPS) is 11.9. The third-order valence-corrected chi connectivity index (χ3v) is 4.67. The maximum atomic E-state index is 12.7. The molecule has 2 aromatic rings. The maximum absolute atomic E-state index is 12.7. The minimum absolute atomic E-state index is 0.0515. The van der Waals surface area contributed by atoms with E-state index in [2.05, 4.69) is 10.0 Å². The Labute approximate surface area is 168 Å². The molecule has 1 amide bonds. The third-order valence-electron chi connectivity index (χ3n) is 3.00. The van der Waals surface area contributed by atoms with E-state index in [9.17, 15) is 26.4 Å². The van der Waals surface area contributed by atoms with Crippen LogP contribution in [0, 0.1) is 0 Å². The molecule has 0 saturated heterocycles. The number of hydrogen-bond donors (Lipinski definition) is 2. The SMILES string of the molecule is O=C(Nc1ccc(C(F)(F)F)cc1Cl)c1cc(Cl)ccc1NS(=O)(=O)I. The lowest BCUT2D eigenvalue weighted by molar-refractivity contribution is -0.137. The van der Waals surface area contributed by atoms with E-state index in [0.29, 0.717) is 6.07 Å². The van der Waals surface area contributed by atoms with E-state index < -0.39 is 24.8 Å². The fraction of sp³-hybridized carbons (Fsp3) is 0.0714. The summed E-state index contributed by atoms with van der Waals surface area (Å²) in [5, 5.41) is 2.15. The summed E-state index contributed by atoms with van der Waals surface area (Å²) in [6.45, 7) is 0. The Bertz CT molecular complexity index is 968. The first-order chi connectivity index (χ1) is 11.9. The van der Waals surface area contributed by atoms with Crippen LogP contribution in [-0.4, -0.2) is 14.3 Å². The monoisotopic (exact) mass is 538 g/mol. The molecule has 0 heterocycles. The fourth-order valence-electron chi connectivity index (χ4n) is 1.91. The zero-order chi connectivity index (χ0) is 19.7. The van der Waals surface area contributed by atoms with Crippen molar-refractivity contribution < 1.29 is 26.4 Å². The minimum Gasteiger partial charge on any atom is -0.321 e. The molecule has 0 spiro atoms. The maximum Gasteiger partial charge on any atom is 0.416 e. The van der Waals surface area contributed by atoms with Crippen LogP contribution in [0.4, 0.5) is 24.5 Å². The highest BCUT2D eigenvalue weighted by molar-refractivity contribution is 14.2. The largest absolute Gasteiger partial charge is 0.416 e. The number of anilines is 2. The predicted molar refractivity (Wildman–Crippen MR) is 102 cm³/mol. The van der Waals surface area contributed by atoms with Crippen molar-refractivity contribution >= 4 is 68.9 Å². The van der Waals surface area contributed by atoms with Crippen molar-refractivity contribution in [3.63, 3.8) is 0 Å². The molecule has 0 aromatic heterocycles. The molecule has 0 saturated carbocycles. The molecular weight excluding hydrogens is 531 g/mol. The topological polar surface area (TPSA) is 75.3 Å². The summed E-state index contributed by atoms with van der Waals surface area (Å²) in [7, 11) is -3.70. The molecule has 12 heteroatoms. The average molecular weight is 539 g/mol. The van der Waals surface area contributed by atoms with Crippen LogP contribution in [0.2, 0.25) is 10.0 Å². The van der Waals surface area contributed by atoms with Crippen LogP contribution in [0.5, 0.6) is 0 Å². The summed E-state index contributed by atoms with van der Waals surface area (Å²) in [5.74, 6) is -0.809. The van der Waals surface area contributed by atoms with Gasteiger partial charge in [-0.05, 0) is 36.4 Å². The van der Waals surface area contributed by atoms with Crippen molar-refractivity contribution in [2.45, 2.75) is 6.18 Å². The van der Waals surface area contributed by atoms with Crippen LogP contribution in [0.3, 0.4) is 0 Å². The van der Waals surface area contributed by atoms with Crippen molar-refractivity contribution in [1.82, 2.24) is 0 Å². The summed E-state index contributed by atoms with van der Waals surface area (Å²) >= 11 is 12.8. The number of carbonyl (C=O) groups is 1. The van der Waals surface area contributed by atoms with Crippen LogP contribution < -0.4 is 10.0 Å². The molecule has 2 rings (SSSR count). The number of amides is 1. The van der Waals surface area contributed by atoms with Gasteiger partial charge in [-0.25, -0.2) is 0 Å². The molecule has 26 heavy (non-hydrogen) atoms. The first-order valence-corrected chi connectivity index (χ1v) is 11.3. The molecule has 0 bridgehead atoms. The van der Waals surface area contributed by atoms with Crippen LogP contribution in [0.1, 0.15) is 15.9 Å². The van der Waals surface area contributed by atoms with E-state index in [4.69, 9.17) is 23.2 Å². The lowest BCUT2D eigenvalue weighted by atomic mass is 10.1. The standard InChI is InChI=1S/C14H8Cl2F3IN2O3S/c15-8-2-4-11(22-26(20,24)25)9(6-8)13(23)21-12-3-1-7(5-10(12)16)14(17,18)19/h1-6,22H,(H,21,23). The average Bonchev–Trinajstić information content (AvgIpc) is 2.48. The van der Waals surface area contributed by atoms with Gasteiger partial charge in [-0.3, -0.25) is 9.52 Å². The van der Waals surface area contributed by atoms with Gasteiger partial charge >= 0.3 is 6.18 Å². The van der Waals surface area contributed by atoms with Crippen LogP contribution in [-0.2, 0) is 13.4 Å². The summed E-state index contributed by atoms with van der Waals surface area (Å²) in [6.07, 6.45) is -4.58. The molecule has 0 atom stereocenters. The summed E-state index contributed by atoms with van der Waals surface area (Å²) in [4.78, 5) is 12.4. The van der Waals surface area contributed by atoms with Gasteiger partial charge in [0.1, 0.15) is 0 Å². The Kier molecular flexibility index (Phi) is 6.31. The highest BCUT2D eigenvalue weighted by atomic mass is 127. The van der Waals surface area contributed by atoms with Crippen molar-refractivity contribution in [2.24, 2.45) is 0 Å². The van der Waals surface area contributed by atoms with Crippen molar-refractivity contribution in [1.29, 1.82) is 0 Å². The molecule has 0 radical (unpaired) electrons. The molecule has 0 unspecified atom stereocenters. The van der Waals surface area contributed by atoms with E-state index >= 15 is 0 Å². The van der Waals surface area contributed by atoms with Gasteiger partial charge in [-0.2, -0.15) is 21.6 Å². The van der Waals surface area contributed by atoms with Gasteiger partial charge in [-0.15, -0.1) is 0 Å². The number of carbonyl (C=O) groups excluding carboxylic acids is 1. The Morgan fingerprint density at radius 1 is 1.04 bits per heavy atom. The van der Waals surface area contributed by atoms with Crippen LogP contribution >= 0.6 is 44.4 Å². The Balaban J connectivity index is 2.35. The second-order valence-electron chi connectivity index (χ2n) is 4.88. The van der Waals surface area contributed by atoms with Crippen molar-refractivity contribution in [3.05, 3.63) is 57.6 Å². The predicted octanol–water partition coefficient (Wildman–Crippen LogP) is 5.36. The summed E-state index contributed by atoms with van der Waals surface area (Å²) < 4.78 is 62.9. The molecule has 140 valence electrons. The highest BCUT2D eigenvalue weighted by Crippen LogP contribution is 2.34. The zero-order valence-electron chi connectivity index (χ0n) is 12.4. The number of alkyl halides is 3. The summed E-state index contributed by atoms with van der Waals surface area (Å²) in [6, 6.07) is 6.28. The zero-order valence-corrected chi connectivity index (χ0v) is 16.9. The molecule has 0 fully saturated rings. The lowest BCUT2D eigenvalue weighted by Gasteiger charge is -2.13. The number of benzene rings is 2. The van der Waals surface area contributed by atoms with Gasteiger partial charge in [-0.1, -0.05) is 23.2 Å². The lowest BCUT2D eigenvalue weighted by Crippen LogP contribution is -2.16. The summed E-state index contributed by atoms with van der Waals surface area (Å²) in [5.41, 5.74) is -1.23. The smallest absolute Gasteiger partial charge is 0.321 e. The Hall–Kier alpha value is -1.24. The van der Waals surface area contributed by atoms with Crippen molar-refractivity contribution in [2.75, 3.05) is 10.0 Å². The first-order valence-electron chi connectivity index (χ1n) is 6.57. The second-order valence-corrected chi connectivity index (χ2v) is 10.3. The molecule has 2 aromatic carbocycles. The molecule has 0 aliphatic carbocycles. The van der Waals surface area contributed by atoms with Gasteiger partial charge in [0, 0.05) is 5.02 Å². The van der Waals surface area contributed by atoms with Crippen LogP contribution in [0.15, 0.2) is 36.4 Å². The van der Waals surface area contributed by atoms with Gasteiger partial charge < -0.3 is 5.32 Å². The second kappa shape index (κ2) is 7.79. The third kappa shape index (κ3) is 5.63. The number of rotatable bonds is 4. The molecule has 0 aliphatic heterocycles. The quantitative estimate of drug-likeness (QED) is 0.407.